The van der Waals surface area contributed by atoms with Crippen molar-refractivity contribution in [1.82, 2.24) is 4.90 Å². The average Bonchev–Trinajstić information content (AvgIpc) is 3.25. The average molecular weight is 374 g/mol. The van der Waals surface area contributed by atoms with E-state index in [4.69, 9.17) is 14.2 Å². The van der Waals surface area contributed by atoms with E-state index in [0.717, 1.165) is 0 Å². The lowest BCUT2D eigenvalue weighted by atomic mass is 9.95. The minimum absolute atomic E-state index is 0.127. The van der Waals surface area contributed by atoms with Gasteiger partial charge >= 0.3 is 5.97 Å². The van der Waals surface area contributed by atoms with Crippen LogP contribution in [0.2, 0.25) is 0 Å². The summed E-state index contributed by atoms with van der Waals surface area (Å²) in [6.45, 7) is 3.50. The molecule has 3 aliphatic heterocycles. The molecule has 2 amide bonds. The summed E-state index contributed by atoms with van der Waals surface area (Å²) in [5, 5.41) is 0. The maximum absolute atomic E-state index is 12.9. The fourth-order valence-corrected chi connectivity index (χ4v) is 3.90. The highest BCUT2D eigenvalue weighted by molar-refractivity contribution is 6.22. The molecule has 0 aromatic heterocycles. The molecule has 8 nitrogen and oxygen atoms in total. The third-order valence-corrected chi connectivity index (χ3v) is 5.33. The fraction of sp³-hybridized carbons (Fsp3) is 0.526. The van der Waals surface area contributed by atoms with Gasteiger partial charge in [0.25, 0.3) is 5.91 Å². The minimum Gasteiger partial charge on any atom is -0.466 e. The summed E-state index contributed by atoms with van der Waals surface area (Å²) < 4.78 is 15.7. The van der Waals surface area contributed by atoms with E-state index in [2.05, 4.69) is 0 Å². The van der Waals surface area contributed by atoms with Crippen molar-refractivity contribution in [2.45, 2.75) is 32.2 Å². The van der Waals surface area contributed by atoms with E-state index in [1.807, 2.05) is 4.90 Å². The first-order chi connectivity index (χ1) is 13.1. The Labute approximate surface area is 157 Å². The molecule has 4 rings (SSSR count). The van der Waals surface area contributed by atoms with Crippen LogP contribution in [0.1, 0.15) is 26.2 Å². The van der Waals surface area contributed by atoms with Gasteiger partial charge in [0, 0.05) is 6.07 Å². The molecule has 2 saturated heterocycles. The molecule has 27 heavy (non-hydrogen) atoms. The molecule has 0 bridgehead atoms. The molecule has 0 saturated carbocycles. The summed E-state index contributed by atoms with van der Waals surface area (Å²) in [5.74, 6) is 0.387. The van der Waals surface area contributed by atoms with Crippen molar-refractivity contribution >= 4 is 23.5 Å². The van der Waals surface area contributed by atoms with Gasteiger partial charge in [0.1, 0.15) is 0 Å². The maximum Gasteiger partial charge on any atom is 0.309 e. The zero-order chi connectivity index (χ0) is 19.0. The first-order valence-electron chi connectivity index (χ1n) is 9.25. The van der Waals surface area contributed by atoms with E-state index < -0.39 is 6.04 Å². The molecular formula is C19H22N2O6. The van der Waals surface area contributed by atoms with Gasteiger partial charge in [-0.1, -0.05) is 0 Å². The molecule has 1 atom stereocenters. The number of hydrogen-bond acceptors (Lipinski definition) is 7. The monoisotopic (exact) mass is 374 g/mol. The van der Waals surface area contributed by atoms with Crippen LogP contribution in [0.5, 0.6) is 11.5 Å². The van der Waals surface area contributed by atoms with E-state index in [1.165, 1.54) is 4.90 Å². The predicted octanol–water partition coefficient (Wildman–Crippen LogP) is 1.32. The second-order valence-corrected chi connectivity index (χ2v) is 6.89. The van der Waals surface area contributed by atoms with Gasteiger partial charge in [0.15, 0.2) is 11.5 Å². The lowest BCUT2D eigenvalue weighted by Gasteiger charge is -2.33. The first kappa shape index (κ1) is 17.8. The Hall–Kier alpha value is -2.61. The molecule has 0 unspecified atom stereocenters. The number of carbonyl (C=O) groups excluding carboxylic acids is 3. The Balaban J connectivity index is 1.44. The van der Waals surface area contributed by atoms with Gasteiger partial charge < -0.3 is 14.2 Å². The smallest absolute Gasteiger partial charge is 0.309 e. The topological polar surface area (TPSA) is 85.4 Å². The van der Waals surface area contributed by atoms with E-state index >= 15 is 0 Å². The van der Waals surface area contributed by atoms with Crippen molar-refractivity contribution in [1.29, 1.82) is 0 Å². The second-order valence-electron chi connectivity index (χ2n) is 6.89. The molecule has 8 heteroatoms. The van der Waals surface area contributed by atoms with Crippen LogP contribution in [0.3, 0.4) is 0 Å². The van der Waals surface area contributed by atoms with E-state index in [-0.39, 0.29) is 36.9 Å². The van der Waals surface area contributed by atoms with Crippen molar-refractivity contribution in [3.63, 3.8) is 0 Å². The summed E-state index contributed by atoms with van der Waals surface area (Å²) in [7, 11) is 0. The number of likely N-dealkylation sites (tertiary alicyclic amines) is 1. The summed E-state index contributed by atoms with van der Waals surface area (Å²) in [6, 6.07) is 4.58. The SMILES string of the molecule is CCOC(=O)C1CCN([C@@H]2CC(=O)N(c3ccc4c(c3)OCO4)C2=O)CC1. The quantitative estimate of drug-likeness (QED) is 0.580. The second kappa shape index (κ2) is 7.19. The lowest BCUT2D eigenvalue weighted by Crippen LogP contribution is -2.47. The zero-order valence-corrected chi connectivity index (χ0v) is 15.2. The summed E-state index contributed by atoms with van der Waals surface area (Å²) >= 11 is 0. The third-order valence-electron chi connectivity index (χ3n) is 5.33. The van der Waals surface area contributed by atoms with Crippen LogP contribution >= 0.6 is 0 Å². The molecule has 0 spiro atoms. The number of hydrogen-bond donors (Lipinski definition) is 0. The van der Waals surface area contributed by atoms with Gasteiger partial charge in [0.2, 0.25) is 12.7 Å². The van der Waals surface area contributed by atoms with Crippen LogP contribution < -0.4 is 14.4 Å². The van der Waals surface area contributed by atoms with Crippen LogP contribution in [0, 0.1) is 5.92 Å². The van der Waals surface area contributed by atoms with Gasteiger partial charge in [0.05, 0.1) is 30.7 Å². The van der Waals surface area contributed by atoms with E-state index in [9.17, 15) is 14.4 Å². The molecule has 3 heterocycles. The van der Waals surface area contributed by atoms with Gasteiger partial charge in [-0.25, -0.2) is 4.90 Å². The number of imide groups is 1. The van der Waals surface area contributed by atoms with Crippen LogP contribution in [0.15, 0.2) is 18.2 Å². The summed E-state index contributed by atoms with van der Waals surface area (Å²) in [4.78, 5) is 40.6. The summed E-state index contributed by atoms with van der Waals surface area (Å²) in [6.07, 6.45) is 1.43. The maximum atomic E-state index is 12.9. The Morgan fingerprint density at radius 2 is 1.93 bits per heavy atom. The van der Waals surface area contributed by atoms with Crippen molar-refractivity contribution in [3.05, 3.63) is 18.2 Å². The predicted molar refractivity (Wildman–Crippen MR) is 94.4 cm³/mol. The van der Waals surface area contributed by atoms with Crippen LogP contribution in [0.4, 0.5) is 5.69 Å². The van der Waals surface area contributed by atoms with Gasteiger partial charge in [-0.05, 0) is 45.0 Å². The summed E-state index contributed by atoms with van der Waals surface area (Å²) in [5.41, 5.74) is 0.498. The molecule has 0 aliphatic carbocycles. The molecule has 0 radical (unpaired) electrons. The highest BCUT2D eigenvalue weighted by Gasteiger charge is 2.44. The standard InChI is InChI=1S/C19H22N2O6/c1-2-25-19(24)12-5-7-20(8-6-12)14-10-17(22)21(18(14)23)13-3-4-15-16(9-13)27-11-26-15/h3-4,9,12,14H,2,5-8,10-11H2,1H3/t14-/m1/s1. The van der Waals surface area contributed by atoms with Crippen molar-refractivity contribution in [2.24, 2.45) is 5.92 Å². The number of carbonyl (C=O) groups is 3. The van der Waals surface area contributed by atoms with Gasteiger partial charge in [-0.2, -0.15) is 0 Å². The molecule has 0 N–H and O–H groups in total. The lowest BCUT2D eigenvalue weighted by molar-refractivity contribution is -0.149. The molecular weight excluding hydrogens is 352 g/mol. The Morgan fingerprint density at radius 1 is 1.19 bits per heavy atom. The van der Waals surface area contributed by atoms with Crippen LogP contribution in [0.25, 0.3) is 0 Å². The van der Waals surface area contributed by atoms with Crippen LogP contribution in [-0.4, -0.2) is 55.2 Å². The number of ether oxygens (including phenoxy) is 3. The molecule has 1 aromatic rings. The van der Waals surface area contributed by atoms with Crippen molar-refractivity contribution in [2.75, 3.05) is 31.4 Å². The Kier molecular flexibility index (Phi) is 4.73. The number of benzene rings is 1. The zero-order valence-electron chi connectivity index (χ0n) is 15.2. The van der Waals surface area contributed by atoms with Crippen molar-refractivity contribution in [3.8, 4) is 11.5 Å². The Morgan fingerprint density at radius 3 is 2.67 bits per heavy atom. The number of nitrogens with zero attached hydrogens (tertiary/aromatic N) is 2. The Bertz CT molecular complexity index is 771. The normalized spacial score (nSPS) is 23.1. The number of rotatable bonds is 4. The van der Waals surface area contributed by atoms with Gasteiger partial charge in [-0.3, -0.25) is 19.3 Å². The fourth-order valence-electron chi connectivity index (χ4n) is 3.90. The number of piperidine rings is 1. The largest absolute Gasteiger partial charge is 0.466 e. The molecule has 2 fully saturated rings. The molecule has 144 valence electrons. The van der Waals surface area contributed by atoms with E-state index in [0.29, 0.717) is 49.7 Å². The van der Waals surface area contributed by atoms with E-state index in [1.54, 1.807) is 25.1 Å². The first-order valence-corrected chi connectivity index (χ1v) is 9.25. The van der Waals surface area contributed by atoms with Gasteiger partial charge in [-0.15, -0.1) is 0 Å². The molecule has 1 aromatic carbocycles. The van der Waals surface area contributed by atoms with Crippen molar-refractivity contribution < 1.29 is 28.6 Å². The highest BCUT2D eigenvalue weighted by Crippen LogP contribution is 2.37. The number of esters is 1. The third kappa shape index (κ3) is 3.25. The minimum atomic E-state index is -0.480. The number of fused-ring (bicyclic) bond motifs is 1. The van der Waals surface area contributed by atoms with Crippen LogP contribution in [-0.2, 0) is 19.1 Å². The molecule has 3 aliphatic rings. The number of amides is 2. The number of anilines is 1. The highest BCUT2D eigenvalue weighted by atomic mass is 16.7.